The molecule has 3 nitrogen and oxygen atoms in total. The molecule has 0 rings (SSSR count). The number of carboxylic acids is 1. The lowest BCUT2D eigenvalue weighted by molar-refractivity contribution is -0.145. The average molecular weight is 216 g/mol. The summed E-state index contributed by atoms with van der Waals surface area (Å²) in [6.07, 6.45) is 6.76. The second-order valence-corrected chi connectivity index (χ2v) is 4.24. The van der Waals surface area contributed by atoms with Gasteiger partial charge in [0.05, 0.1) is 12.0 Å². The van der Waals surface area contributed by atoms with Gasteiger partial charge in [0.25, 0.3) is 0 Å². The molecule has 0 unspecified atom stereocenters. The molecule has 0 aromatic heterocycles. The summed E-state index contributed by atoms with van der Waals surface area (Å²) in [6.45, 7) is 3.73. The minimum Gasteiger partial charge on any atom is -0.481 e. The molecular formula is C12H24O3. The van der Waals surface area contributed by atoms with Crippen molar-refractivity contribution >= 4 is 5.97 Å². The van der Waals surface area contributed by atoms with Gasteiger partial charge in [0.15, 0.2) is 0 Å². The Labute approximate surface area is 92.5 Å². The SMILES string of the molecule is CCCCCCCC[C@H](C(=O)O)[C@@H](C)O. The Kier molecular flexibility index (Phi) is 8.38. The number of aliphatic carboxylic acids is 1. The quantitative estimate of drug-likeness (QED) is 0.583. The number of carbonyl (C=O) groups is 1. The third-order valence-corrected chi connectivity index (χ3v) is 2.77. The molecule has 0 aliphatic rings. The molecule has 0 saturated carbocycles. The van der Waals surface area contributed by atoms with Crippen LogP contribution in [0.4, 0.5) is 0 Å². The van der Waals surface area contributed by atoms with E-state index in [1.165, 1.54) is 25.7 Å². The molecule has 0 amide bonds. The van der Waals surface area contributed by atoms with Gasteiger partial charge in [0.1, 0.15) is 0 Å². The Hall–Kier alpha value is -0.570. The van der Waals surface area contributed by atoms with Crippen molar-refractivity contribution in [3.8, 4) is 0 Å². The number of unbranched alkanes of at least 4 members (excludes halogenated alkanes) is 5. The summed E-state index contributed by atoms with van der Waals surface area (Å²) in [5.41, 5.74) is 0. The highest BCUT2D eigenvalue weighted by Crippen LogP contribution is 2.15. The first-order valence-corrected chi connectivity index (χ1v) is 6.00. The maximum absolute atomic E-state index is 10.7. The molecule has 3 heteroatoms. The van der Waals surface area contributed by atoms with Crippen LogP contribution in [0.2, 0.25) is 0 Å². The van der Waals surface area contributed by atoms with Crippen molar-refractivity contribution in [2.75, 3.05) is 0 Å². The Morgan fingerprint density at radius 2 is 1.67 bits per heavy atom. The highest BCUT2D eigenvalue weighted by atomic mass is 16.4. The summed E-state index contributed by atoms with van der Waals surface area (Å²) in [5, 5.41) is 18.1. The second kappa shape index (κ2) is 8.72. The third kappa shape index (κ3) is 7.37. The minimum absolute atomic E-state index is 0.587. The standard InChI is InChI=1S/C12H24O3/c1-3-4-5-6-7-8-9-11(10(2)13)12(14)15/h10-11,13H,3-9H2,1-2H3,(H,14,15)/t10-,11+/m1/s1. The molecule has 0 radical (unpaired) electrons. The molecule has 90 valence electrons. The first-order valence-electron chi connectivity index (χ1n) is 6.00. The van der Waals surface area contributed by atoms with Crippen molar-refractivity contribution in [1.29, 1.82) is 0 Å². The Morgan fingerprint density at radius 3 is 2.13 bits per heavy atom. The average Bonchev–Trinajstić information content (AvgIpc) is 2.15. The van der Waals surface area contributed by atoms with E-state index in [0.717, 1.165) is 12.8 Å². The van der Waals surface area contributed by atoms with Crippen LogP contribution in [0, 0.1) is 5.92 Å². The smallest absolute Gasteiger partial charge is 0.309 e. The fraction of sp³-hybridized carbons (Fsp3) is 0.917. The van der Waals surface area contributed by atoms with E-state index in [1.54, 1.807) is 6.92 Å². The van der Waals surface area contributed by atoms with E-state index in [-0.39, 0.29) is 0 Å². The summed E-state index contributed by atoms with van der Waals surface area (Å²) >= 11 is 0. The zero-order chi connectivity index (χ0) is 11.7. The van der Waals surface area contributed by atoms with E-state index in [9.17, 15) is 9.90 Å². The number of aliphatic hydroxyl groups is 1. The van der Waals surface area contributed by atoms with Gasteiger partial charge in [-0.05, 0) is 13.3 Å². The van der Waals surface area contributed by atoms with E-state index < -0.39 is 18.0 Å². The molecule has 0 aliphatic heterocycles. The molecule has 0 aromatic carbocycles. The van der Waals surface area contributed by atoms with E-state index in [0.29, 0.717) is 6.42 Å². The number of rotatable bonds is 9. The maximum Gasteiger partial charge on any atom is 0.309 e. The lowest BCUT2D eigenvalue weighted by Gasteiger charge is -2.14. The molecule has 2 atom stereocenters. The van der Waals surface area contributed by atoms with Gasteiger partial charge in [-0.25, -0.2) is 0 Å². The monoisotopic (exact) mass is 216 g/mol. The molecule has 2 N–H and O–H groups in total. The van der Waals surface area contributed by atoms with Crippen LogP contribution in [0.25, 0.3) is 0 Å². The van der Waals surface area contributed by atoms with Crippen LogP contribution in [0.15, 0.2) is 0 Å². The van der Waals surface area contributed by atoms with Crippen LogP contribution < -0.4 is 0 Å². The lowest BCUT2D eigenvalue weighted by Crippen LogP contribution is -2.25. The molecule has 0 bridgehead atoms. The van der Waals surface area contributed by atoms with Crippen LogP contribution in [0.5, 0.6) is 0 Å². The summed E-state index contributed by atoms with van der Waals surface area (Å²) < 4.78 is 0. The molecular weight excluding hydrogens is 192 g/mol. The fourth-order valence-corrected chi connectivity index (χ4v) is 1.72. The van der Waals surface area contributed by atoms with Crippen molar-refractivity contribution in [3.05, 3.63) is 0 Å². The zero-order valence-electron chi connectivity index (χ0n) is 9.91. The van der Waals surface area contributed by atoms with E-state index in [4.69, 9.17) is 5.11 Å². The number of aliphatic hydroxyl groups excluding tert-OH is 1. The fourth-order valence-electron chi connectivity index (χ4n) is 1.72. The third-order valence-electron chi connectivity index (χ3n) is 2.77. The van der Waals surface area contributed by atoms with Crippen molar-refractivity contribution in [3.63, 3.8) is 0 Å². The van der Waals surface area contributed by atoms with Crippen molar-refractivity contribution in [2.45, 2.75) is 64.9 Å². The predicted molar refractivity (Wildman–Crippen MR) is 60.8 cm³/mol. The molecule has 0 aromatic rings. The van der Waals surface area contributed by atoms with Gasteiger partial charge >= 0.3 is 5.97 Å². The Morgan fingerprint density at radius 1 is 1.13 bits per heavy atom. The minimum atomic E-state index is -0.876. The predicted octanol–water partition coefficient (Wildman–Crippen LogP) is 2.82. The summed E-state index contributed by atoms with van der Waals surface area (Å²) in [7, 11) is 0. The summed E-state index contributed by atoms with van der Waals surface area (Å²) in [6, 6.07) is 0. The van der Waals surface area contributed by atoms with Crippen LogP contribution in [0.3, 0.4) is 0 Å². The second-order valence-electron chi connectivity index (χ2n) is 4.24. The molecule has 0 aliphatic carbocycles. The van der Waals surface area contributed by atoms with E-state index >= 15 is 0 Å². The summed E-state index contributed by atoms with van der Waals surface area (Å²) in [5.74, 6) is -1.46. The lowest BCUT2D eigenvalue weighted by atomic mass is 9.96. The number of carboxylic acid groups (broad SMARTS) is 1. The van der Waals surface area contributed by atoms with Gasteiger partial charge in [0.2, 0.25) is 0 Å². The molecule has 0 spiro atoms. The van der Waals surface area contributed by atoms with Crippen LogP contribution in [-0.2, 0) is 4.79 Å². The topological polar surface area (TPSA) is 57.5 Å². The molecule has 15 heavy (non-hydrogen) atoms. The normalized spacial score (nSPS) is 14.9. The van der Waals surface area contributed by atoms with Gasteiger partial charge < -0.3 is 10.2 Å². The summed E-state index contributed by atoms with van der Waals surface area (Å²) in [4.78, 5) is 10.7. The largest absolute Gasteiger partial charge is 0.481 e. The first kappa shape index (κ1) is 14.4. The van der Waals surface area contributed by atoms with E-state index in [2.05, 4.69) is 6.92 Å². The maximum atomic E-state index is 10.7. The molecule has 0 fully saturated rings. The van der Waals surface area contributed by atoms with Gasteiger partial charge in [-0.2, -0.15) is 0 Å². The van der Waals surface area contributed by atoms with Gasteiger partial charge in [-0.3, -0.25) is 4.79 Å². The van der Waals surface area contributed by atoms with Gasteiger partial charge in [-0.1, -0.05) is 45.4 Å². The highest BCUT2D eigenvalue weighted by molar-refractivity contribution is 5.70. The molecule has 0 heterocycles. The number of hydrogen-bond donors (Lipinski definition) is 2. The van der Waals surface area contributed by atoms with Crippen LogP contribution in [-0.4, -0.2) is 22.3 Å². The first-order chi connectivity index (χ1) is 7.09. The van der Waals surface area contributed by atoms with Crippen molar-refractivity contribution in [2.24, 2.45) is 5.92 Å². The van der Waals surface area contributed by atoms with Gasteiger partial charge in [0, 0.05) is 0 Å². The van der Waals surface area contributed by atoms with Crippen LogP contribution in [0.1, 0.15) is 58.8 Å². The van der Waals surface area contributed by atoms with E-state index in [1.807, 2.05) is 0 Å². The molecule has 0 saturated heterocycles. The van der Waals surface area contributed by atoms with Crippen LogP contribution >= 0.6 is 0 Å². The number of hydrogen-bond acceptors (Lipinski definition) is 2. The highest BCUT2D eigenvalue weighted by Gasteiger charge is 2.21. The van der Waals surface area contributed by atoms with Crippen molar-refractivity contribution < 1.29 is 15.0 Å². The Bertz CT molecular complexity index is 166. The van der Waals surface area contributed by atoms with Crippen molar-refractivity contribution in [1.82, 2.24) is 0 Å². The zero-order valence-corrected chi connectivity index (χ0v) is 9.91. The van der Waals surface area contributed by atoms with Gasteiger partial charge in [-0.15, -0.1) is 0 Å². The Balaban J connectivity index is 3.50.